The van der Waals surface area contributed by atoms with E-state index >= 15 is 0 Å². The first-order valence-corrected chi connectivity index (χ1v) is 4.67. The summed E-state index contributed by atoms with van der Waals surface area (Å²) in [5, 5.41) is 7.46. The molecule has 2 heteroatoms. The standard InChI is InChI=1S/C7H15NS/c1-3-4-5-7(6-8)9-2/h6-8H,3-5H2,1-2H3. The van der Waals surface area contributed by atoms with Crippen LogP contribution < -0.4 is 0 Å². The summed E-state index contributed by atoms with van der Waals surface area (Å²) in [4.78, 5) is 0. The molecule has 54 valence electrons. The topological polar surface area (TPSA) is 23.9 Å². The predicted octanol–water partition coefficient (Wildman–Crippen LogP) is 2.56. The number of unbranched alkanes of at least 4 members (excludes halogenated alkanes) is 1. The SMILES string of the molecule is CCCCC(C=N)SC. The molecule has 9 heavy (non-hydrogen) atoms. The molecule has 0 aliphatic rings. The third-order valence-electron chi connectivity index (χ3n) is 1.33. The maximum Gasteiger partial charge on any atom is 0.0391 e. The van der Waals surface area contributed by atoms with Crippen molar-refractivity contribution in [2.75, 3.05) is 6.26 Å². The van der Waals surface area contributed by atoms with E-state index in [1.165, 1.54) is 19.3 Å². The van der Waals surface area contributed by atoms with Crippen molar-refractivity contribution in [3.63, 3.8) is 0 Å². The molecule has 0 aromatic heterocycles. The van der Waals surface area contributed by atoms with Crippen LogP contribution in [0.3, 0.4) is 0 Å². The first-order chi connectivity index (χ1) is 4.35. The summed E-state index contributed by atoms with van der Waals surface area (Å²) in [7, 11) is 0. The molecule has 0 heterocycles. The third-order valence-corrected chi connectivity index (χ3v) is 2.31. The van der Waals surface area contributed by atoms with E-state index in [1.807, 2.05) is 0 Å². The van der Waals surface area contributed by atoms with Gasteiger partial charge in [-0.1, -0.05) is 19.8 Å². The Morgan fingerprint density at radius 3 is 2.67 bits per heavy atom. The molecule has 1 unspecified atom stereocenters. The molecule has 0 fully saturated rings. The van der Waals surface area contributed by atoms with Gasteiger partial charge in [0, 0.05) is 11.5 Å². The van der Waals surface area contributed by atoms with Crippen LogP contribution >= 0.6 is 11.8 Å². The summed E-state index contributed by atoms with van der Waals surface area (Å²) in [5.41, 5.74) is 0. The minimum Gasteiger partial charge on any atom is -0.312 e. The molecule has 0 radical (unpaired) electrons. The smallest absolute Gasteiger partial charge is 0.0391 e. The lowest BCUT2D eigenvalue weighted by molar-refractivity contribution is 0.753. The summed E-state index contributed by atoms with van der Waals surface area (Å²) in [6, 6.07) is 0. The number of nitrogens with one attached hydrogen (secondary N) is 1. The second kappa shape index (κ2) is 6.14. The summed E-state index contributed by atoms with van der Waals surface area (Å²) in [5.74, 6) is 0. The second-order valence-corrected chi connectivity index (χ2v) is 3.16. The monoisotopic (exact) mass is 145 g/mol. The summed E-state index contributed by atoms with van der Waals surface area (Å²) in [6.45, 7) is 2.18. The number of rotatable bonds is 5. The fraction of sp³-hybridized carbons (Fsp3) is 0.857. The van der Waals surface area contributed by atoms with Crippen molar-refractivity contribution < 1.29 is 0 Å². The van der Waals surface area contributed by atoms with E-state index in [9.17, 15) is 0 Å². The van der Waals surface area contributed by atoms with Crippen LogP contribution in [-0.4, -0.2) is 17.7 Å². The van der Waals surface area contributed by atoms with Crippen LogP contribution in [0.15, 0.2) is 0 Å². The Bertz CT molecular complexity index is 73.3. The van der Waals surface area contributed by atoms with Crippen LogP contribution in [0.25, 0.3) is 0 Å². The highest BCUT2D eigenvalue weighted by Gasteiger charge is 1.99. The molecule has 0 rings (SSSR count). The van der Waals surface area contributed by atoms with E-state index < -0.39 is 0 Å². The highest BCUT2D eigenvalue weighted by Crippen LogP contribution is 2.11. The molecule has 0 aliphatic carbocycles. The maximum absolute atomic E-state index is 6.99. The molecule has 0 aromatic rings. The third kappa shape index (κ3) is 4.52. The van der Waals surface area contributed by atoms with Gasteiger partial charge in [-0.2, -0.15) is 11.8 Å². The van der Waals surface area contributed by atoms with Gasteiger partial charge in [-0.3, -0.25) is 0 Å². The van der Waals surface area contributed by atoms with Crippen LogP contribution in [0.5, 0.6) is 0 Å². The molecular weight excluding hydrogens is 130 g/mol. The van der Waals surface area contributed by atoms with Crippen molar-refractivity contribution in [3.8, 4) is 0 Å². The van der Waals surface area contributed by atoms with E-state index in [1.54, 1.807) is 18.0 Å². The van der Waals surface area contributed by atoms with Gasteiger partial charge >= 0.3 is 0 Å². The van der Waals surface area contributed by atoms with Crippen molar-refractivity contribution in [1.82, 2.24) is 0 Å². The number of hydrogen-bond acceptors (Lipinski definition) is 2. The second-order valence-electron chi connectivity index (χ2n) is 2.08. The lowest BCUT2D eigenvalue weighted by Gasteiger charge is -2.04. The van der Waals surface area contributed by atoms with Crippen LogP contribution in [-0.2, 0) is 0 Å². The first-order valence-electron chi connectivity index (χ1n) is 3.38. The molecule has 0 bridgehead atoms. The largest absolute Gasteiger partial charge is 0.312 e. The molecule has 0 amide bonds. The molecule has 0 spiro atoms. The molecule has 0 saturated carbocycles. The van der Waals surface area contributed by atoms with Crippen molar-refractivity contribution in [1.29, 1.82) is 5.41 Å². The zero-order valence-electron chi connectivity index (χ0n) is 6.18. The van der Waals surface area contributed by atoms with Gasteiger partial charge in [0.1, 0.15) is 0 Å². The van der Waals surface area contributed by atoms with Crippen LogP contribution in [0.2, 0.25) is 0 Å². The molecule has 1 N–H and O–H groups in total. The summed E-state index contributed by atoms with van der Waals surface area (Å²) >= 11 is 1.77. The summed E-state index contributed by atoms with van der Waals surface area (Å²) in [6.07, 6.45) is 7.26. The van der Waals surface area contributed by atoms with Gasteiger partial charge in [0.2, 0.25) is 0 Å². The fourth-order valence-electron chi connectivity index (χ4n) is 0.675. The Balaban J connectivity index is 3.20. The van der Waals surface area contributed by atoms with Crippen molar-refractivity contribution >= 4 is 18.0 Å². The lowest BCUT2D eigenvalue weighted by Crippen LogP contribution is -2.01. The Hall–Kier alpha value is 0.0200. The van der Waals surface area contributed by atoms with Crippen LogP contribution in [0.1, 0.15) is 26.2 Å². The Morgan fingerprint density at radius 2 is 2.33 bits per heavy atom. The lowest BCUT2D eigenvalue weighted by atomic mass is 10.2. The van der Waals surface area contributed by atoms with Gasteiger partial charge in [0.15, 0.2) is 0 Å². The predicted molar refractivity (Wildman–Crippen MR) is 45.6 cm³/mol. The van der Waals surface area contributed by atoms with E-state index in [4.69, 9.17) is 5.41 Å². The number of hydrogen-bond donors (Lipinski definition) is 1. The molecule has 1 atom stereocenters. The van der Waals surface area contributed by atoms with Gasteiger partial charge in [-0.25, -0.2) is 0 Å². The van der Waals surface area contributed by atoms with Gasteiger partial charge in [0.25, 0.3) is 0 Å². The summed E-state index contributed by atoms with van der Waals surface area (Å²) < 4.78 is 0. The first kappa shape index (κ1) is 9.02. The number of thioether (sulfide) groups is 1. The van der Waals surface area contributed by atoms with Crippen molar-refractivity contribution in [2.24, 2.45) is 0 Å². The molecule has 0 aliphatic heterocycles. The minimum atomic E-state index is 0.463. The zero-order valence-corrected chi connectivity index (χ0v) is 7.00. The molecule has 0 aromatic carbocycles. The van der Waals surface area contributed by atoms with Crippen LogP contribution in [0.4, 0.5) is 0 Å². The maximum atomic E-state index is 6.99. The average Bonchev–Trinajstić information content (AvgIpc) is 1.91. The fourth-order valence-corrected chi connectivity index (χ4v) is 1.21. The Morgan fingerprint density at radius 1 is 1.67 bits per heavy atom. The molecular formula is C7H15NS. The highest BCUT2D eigenvalue weighted by molar-refractivity contribution is 7.99. The van der Waals surface area contributed by atoms with E-state index in [0.29, 0.717) is 5.25 Å². The van der Waals surface area contributed by atoms with Gasteiger partial charge in [-0.05, 0) is 12.7 Å². The zero-order chi connectivity index (χ0) is 7.11. The van der Waals surface area contributed by atoms with E-state index in [-0.39, 0.29) is 0 Å². The average molecular weight is 145 g/mol. The van der Waals surface area contributed by atoms with E-state index in [2.05, 4.69) is 13.2 Å². The van der Waals surface area contributed by atoms with Crippen molar-refractivity contribution in [3.05, 3.63) is 0 Å². The normalized spacial score (nSPS) is 13.1. The molecule has 1 nitrogen and oxygen atoms in total. The minimum absolute atomic E-state index is 0.463. The van der Waals surface area contributed by atoms with Crippen molar-refractivity contribution in [2.45, 2.75) is 31.4 Å². The van der Waals surface area contributed by atoms with E-state index in [0.717, 1.165) is 0 Å². The Kier molecular flexibility index (Phi) is 6.16. The molecule has 0 saturated heterocycles. The van der Waals surface area contributed by atoms with Gasteiger partial charge < -0.3 is 5.41 Å². The van der Waals surface area contributed by atoms with Gasteiger partial charge in [-0.15, -0.1) is 0 Å². The Labute approximate surface area is 61.7 Å². The van der Waals surface area contributed by atoms with Crippen LogP contribution in [0, 0.1) is 5.41 Å². The quantitative estimate of drug-likeness (QED) is 0.591. The highest BCUT2D eigenvalue weighted by atomic mass is 32.2. The van der Waals surface area contributed by atoms with Gasteiger partial charge in [0.05, 0.1) is 0 Å².